The number of amides is 1. The standard InChI is InChI=1S/C32H30N4O8/c1-43-25(37)17-23-28(30(39)35(33-23)21-9-5-3-6-10-21)27(19-13-15-20(16-14-19)32(41)42)29-24(18-26(38)44-2)34-36(31(29)40)22-11-7-4-8-12-22/h3-16,23,27,29,33,39H,17-18H2,1-2H3,(H,41,42)/t23-,27-,29-/m0/s1. The van der Waals surface area contributed by atoms with Gasteiger partial charge in [0.1, 0.15) is 0 Å². The number of methoxy groups -OCH3 is 2. The topological polar surface area (TPSA) is 158 Å². The molecule has 2 heterocycles. The summed E-state index contributed by atoms with van der Waals surface area (Å²) < 4.78 is 9.86. The first-order valence-electron chi connectivity index (χ1n) is 13.7. The Hall–Kier alpha value is -5.49. The maximum Gasteiger partial charge on any atom is 0.335 e. The normalized spacial score (nSPS) is 18.7. The molecule has 3 aromatic rings. The quantitative estimate of drug-likeness (QED) is 0.293. The van der Waals surface area contributed by atoms with Crippen LogP contribution in [0.15, 0.2) is 101 Å². The molecule has 0 aromatic heterocycles. The number of aliphatic hydroxyl groups excluding tert-OH is 1. The van der Waals surface area contributed by atoms with Crippen molar-refractivity contribution in [2.24, 2.45) is 11.0 Å². The van der Waals surface area contributed by atoms with Gasteiger partial charge in [-0.3, -0.25) is 14.4 Å². The first-order valence-corrected chi connectivity index (χ1v) is 13.7. The first-order chi connectivity index (χ1) is 21.2. The summed E-state index contributed by atoms with van der Waals surface area (Å²) in [6, 6.07) is 22.5. The van der Waals surface area contributed by atoms with Gasteiger partial charge in [0.05, 0.1) is 61.7 Å². The molecular weight excluding hydrogens is 568 g/mol. The molecule has 44 heavy (non-hydrogen) atoms. The number of carboxylic acids is 1. The van der Waals surface area contributed by atoms with Crippen LogP contribution in [-0.4, -0.2) is 60.0 Å². The number of carboxylic acid groups (broad SMARTS) is 1. The summed E-state index contributed by atoms with van der Waals surface area (Å²) in [7, 11) is 2.47. The highest BCUT2D eigenvalue weighted by Gasteiger charge is 2.49. The van der Waals surface area contributed by atoms with Gasteiger partial charge in [-0.05, 0) is 42.0 Å². The van der Waals surface area contributed by atoms with Crippen LogP contribution in [0.3, 0.4) is 0 Å². The molecule has 12 nitrogen and oxygen atoms in total. The highest BCUT2D eigenvalue weighted by Crippen LogP contribution is 2.44. The van der Waals surface area contributed by atoms with Gasteiger partial charge in [0, 0.05) is 11.5 Å². The summed E-state index contributed by atoms with van der Waals surface area (Å²) >= 11 is 0. The third-order valence-electron chi connectivity index (χ3n) is 7.54. The average molecular weight is 599 g/mol. The predicted octanol–water partition coefficient (Wildman–Crippen LogP) is 3.78. The van der Waals surface area contributed by atoms with Gasteiger partial charge in [-0.1, -0.05) is 48.5 Å². The summed E-state index contributed by atoms with van der Waals surface area (Å²) in [5.74, 6) is -5.24. The van der Waals surface area contributed by atoms with Crippen LogP contribution in [0.25, 0.3) is 0 Å². The second-order valence-corrected chi connectivity index (χ2v) is 10.1. The summed E-state index contributed by atoms with van der Waals surface area (Å²) in [4.78, 5) is 51.1. The van der Waals surface area contributed by atoms with Crippen molar-refractivity contribution in [2.75, 3.05) is 24.2 Å². The molecule has 1 amide bonds. The number of nitrogens with one attached hydrogen (secondary N) is 1. The number of para-hydroxylation sites is 2. The van der Waals surface area contributed by atoms with Crippen LogP contribution in [-0.2, 0) is 23.9 Å². The van der Waals surface area contributed by atoms with Gasteiger partial charge in [-0.15, -0.1) is 0 Å². The Bertz CT molecular complexity index is 1620. The smallest absolute Gasteiger partial charge is 0.335 e. The molecule has 2 aliphatic heterocycles. The van der Waals surface area contributed by atoms with E-state index in [0.717, 1.165) is 0 Å². The zero-order valence-electron chi connectivity index (χ0n) is 23.9. The Balaban J connectivity index is 1.71. The van der Waals surface area contributed by atoms with Crippen molar-refractivity contribution >= 4 is 40.9 Å². The number of hydrogen-bond donors (Lipinski definition) is 3. The number of aliphatic hydroxyl groups is 1. The van der Waals surface area contributed by atoms with Crippen LogP contribution >= 0.6 is 0 Å². The van der Waals surface area contributed by atoms with Gasteiger partial charge < -0.3 is 19.7 Å². The maximum absolute atomic E-state index is 14.3. The lowest BCUT2D eigenvalue weighted by Gasteiger charge is -2.28. The maximum atomic E-state index is 14.3. The van der Waals surface area contributed by atoms with E-state index in [2.05, 4.69) is 10.5 Å². The van der Waals surface area contributed by atoms with Crippen molar-refractivity contribution in [1.82, 2.24) is 5.43 Å². The summed E-state index contributed by atoms with van der Waals surface area (Å²) in [5.41, 5.74) is 5.07. The molecule has 0 saturated heterocycles. The van der Waals surface area contributed by atoms with Crippen molar-refractivity contribution in [3.63, 3.8) is 0 Å². The number of hydrazone groups is 1. The van der Waals surface area contributed by atoms with E-state index in [1.165, 1.54) is 36.4 Å². The SMILES string of the molecule is COC(=O)CC1=NN(c2ccccc2)C(=O)[C@@H]1[C@H](C1=C(O)N(c2ccccc2)N[C@H]1CC(=O)OC)c1ccc(C(=O)O)cc1. The number of anilines is 2. The fraction of sp³-hybridized carbons (Fsp3) is 0.219. The van der Waals surface area contributed by atoms with Crippen LogP contribution in [0.2, 0.25) is 0 Å². The molecule has 3 N–H and O–H groups in total. The Labute approximate surface area is 252 Å². The minimum atomic E-state index is -1.14. The molecule has 12 heteroatoms. The van der Waals surface area contributed by atoms with E-state index in [4.69, 9.17) is 9.47 Å². The number of hydrazine groups is 1. The summed E-state index contributed by atoms with van der Waals surface area (Å²) in [6.07, 6.45) is -0.540. The molecule has 0 radical (unpaired) electrons. The van der Waals surface area contributed by atoms with E-state index in [1.807, 2.05) is 6.07 Å². The van der Waals surface area contributed by atoms with Gasteiger partial charge in [-0.2, -0.15) is 5.10 Å². The van der Waals surface area contributed by atoms with Crippen molar-refractivity contribution in [2.45, 2.75) is 24.8 Å². The number of nitrogens with zero attached hydrogens (tertiary/aromatic N) is 3. The van der Waals surface area contributed by atoms with E-state index < -0.39 is 41.7 Å². The number of carbonyl (C=O) groups is 4. The van der Waals surface area contributed by atoms with Crippen LogP contribution in [0.4, 0.5) is 11.4 Å². The molecule has 0 bridgehead atoms. The van der Waals surface area contributed by atoms with Crippen LogP contribution in [0, 0.1) is 5.92 Å². The zero-order valence-corrected chi connectivity index (χ0v) is 23.9. The van der Waals surface area contributed by atoms with Gasteiger partial charge in [0.15, 0.2) is 0 Å². The molecule has 0 aliphatic carbocycles. The van der Waals surface area contributed by atoms with Gasteiger partial charge in [0.25, 0.3) is 5.91 Å². The third kappa shape index (κ3) is 5.88. The van der Waals surface area contributed by atoms with Crippen molar-refractivity contribution in [1.29, 1.82) is 0 Å². The lowest BCUT2D eigenvalue weighted by molar-refractivity contribution is -0.141. The Morgan fingerprint density at radius 3 is 2.05 bits per heavy atom. The number of ether oxygens (including phenoxy) is 2. The van der Waals surface area contributed by atoms with E-state index in [9.17, 15) is 29.4 Å². The molecule has 2 aliphatic rings. The van der Waals surface area contributed by atoms with Crippen molar-refractivity contribution in [3.05, 3.63) is 108 Å². The van der Waals surface area contributed by atoms with Crippen molar-refractivity contribution < 1.29 is 38.9 Å². The molecule has 0 spiro atoms. The van der Waals surface area contributed by atoms with Gasteiger partial charge in [-0.25, -0.2) is 20.2 Å². The zero-order chi connectivity index (χ0) is 31.4. The number of rotatable bonds is 10. The molecule has 0 saturated carbocycles. The van der Waals surface area contributed by atoms with E-state index in [0.29, 0.717) is 16.9 Å². The number of esters is 2. The fourth-order valence-corrected chi connectivity index (χ4v) is 5.46. The molecule has 3 aromatic carbocycles. The molecule has 226 valence electrons. The van der Waals surface area contributed by atoms with Crippen molar-refractivity contribution in [3.8, 4) is 0 Å². The number of aromatic carboxylic acids is 1. The predicted molar refractivity (Wildman–Crippen MR) is 160 cm³/mol. The van der Waals surface area contributed by atoms with Gasteiger partial charge in [0.2, 0.25) is 5.88 Å². The lowest BCUT2D eigenvalue weighted by Crippen LogP contribution is -2.41. The van der Waals surface area contributed by atoms with Crippen LogP contribution < -0.4 is 15.4 Å². The summed E-state index contributed by atoms with van der Waals surface area (Å²) in [5, 5.41) is 28.5. The third-order valence-corrected chi connectivity index (χ3v) is 7.54. The molecule has 5 rings (SSSR count). The Morgan fingerprint density at radius 2 is 1.48 bits per heavy atom. The largest absolute Gasteiger partial charge is 0.494 e. The number of benzene rings is 3. The van der Waals surface area contributed by atoms with Gasteiger partial charge >= 0.3 is 17.9 Å². The van der Waals surface area contributed by atoms with Crippen LogP contribution in [0.1, 0.15) is 34.7 Å². The first kappa shape index (κ1) is 30.0. The Kier molecular flexibility index (Phi) is 8.72. The van der Waals surface area contributed by atoms with Crippen LogP contribution in [0.5, 0.6) is 0 Å². The summed E-state index contributed by atoms with van der Waals surface area (Å²) in [6.45, 7) is 0. The number of hydrogen-bond acceptors (Lipinski definition) is 10. The lowest BCUT2D eigenvalue weighted by atomic mass is 9.74. The second-order valence-electron chi connectivity index (χ2n) is 10.1. The molecule has 0 unspecified atom stereocenters. The highest BCUT2D eigenvalue weighted by molar-refractivity contribution is 6.20. The second kappa shape index (κ2) is 12.8. The molecule has 3 atom stereocenters. The number of carbonyl (C=O) groups excluding carboxylic acids is 3. The molecular formula is C32H30N4O8. The van der Waals surface area contributed by atoms with E-state index in [1.54, 1.807) is 66.7 Å². The van der Waals surface area contributed by atoms with E-state index >= 15 is 0 Å². The molecule has 0 fully saturated rings. The monoisotopic (exact) mass is 598 g/mol. The minimum absolute atomic E-state index is 0.0133. The Morgan fingerprint density at radius 1 is 0.886 bits per heavy atom. The minimum Gasteiger partial charge on any atom is -0.494 e. The fourth-order valence-electron chi connectivity index (χ4n) is 5.46. The van der Waals surface area contributed by atoms with E-state index in [-0.39, 0.29) is 35.6 Å². The highest BCUT2D eigenvalue weighted by atomic mass is 16.5. The average Bonchev–Trinajstić information content (AvgIpc) is 3.54.